The van der Waals surface area contributed by atoms with Crippen LogP contribution in [0.2, 0.25) is 5.02 Å². The van der Waals surface area contributed by atoms with Crippen molar-refractivity contribution in [3.05, 3.63) is 52.6 Å². The van der Waals surface area contributed by atoms with E-state index >= 15 is 0 Å². The summed E-state index contributed by atoms with van der Waals surface area (Å²) < 4.78 is 10.4. The third kappa shape index (κ3) is 3.64. The van der Waals surface area contributed by atoms with E-state index in [1.807, 2.05) is 25.1 Å². The van der Waals surface area contributed by atoms with Gasteiger partial charge in [-0.2, -0.15) is 0 Å². The Morgan fingerprint density at radius 1 is 1.31 bits per heavy atom. The summed E-state index contributed by atoms with van der Waals surface area (Å²) in [4.78, 5) is 28.0. The largest absolute Gasteiger partial charge is 0.480 e. The van der Waals surface area contributed by atoms with E-state index in [1.165, 1.54) is 13.4 Å². The van der Waals surface area contributed by atoms with E-state index in [9.17, 15) is 4.79 Å². The van der Waals surface area contributed by atoms with Gasteiger partial charge in [-0.15, -0.1) is 0 Å². The molecule has 0 saturated carbocycles. The lowest BCUT2D eigenvalue weighted by Crippen LogP contribution is -2.28. The Hall–Kier alpha value is -3.46. The Labute approximate surface area is 170 Å². The predicted molar refractivity (Wildman–Crippen MR) is 106 cm³/mol. The quantitative estimate of drug-likeness (QED) is 0.515. The van der Waals surface area contributed by atoms with Crippen LogP contribution >= 0.6 is 11.6 Å². The highest BCUT2D eigenvalue weighted by Crippen LogP contribution is 2.26. The number of nitrogens with one attached hydrogen (secondary N) is 2. The van der Waals surface area contributed by atoms with Crippen molar-refractivity contribution in [2.45, 2.75) is 19.9 Å². The molecule has 3 aromatic heterocycles. The molecule has 0 unspecified atom stereocenters. The third-order valence-corrected chi connectivity index (χ3v) is 4.70. The summed E-state index contributed by atoms with van der Waals surface area (Å²) in [6, 6.07) is 7.20. The van der Waals surface area contributed by atoms with Gasteiger partial charge in [0, 0.05) is 6.07 Å². The number of carbonyl (C=O) groups is 1. The zero-order valence-electron chi connectivity index (χ0n) is 15.9. The van der Waals surface area contributed by atoms with Crippen LogP contribution in [0.1, 0.15) is 34.7 Å². The summed E-state index contributed by atoms with van der Waals surface area (Å²) in [7, 11) is 1.41. The molecule has 1 amide bonds. The lowest BCUT2D eigenvalue weighted by Gasteiger charge is -2.11. The maximum Gasteiger partial charge on any atom is 0.272 e. The number of fused-ring (bicyclic) bond motifs is 1. The first kappa shape index (κ1) is 18.9. The summed E-state index contributed by atoms with van der Waals surface area (Å²) in [5.41, 5.74) is 3.41. The number of halogens is 1. The van der Waals surface area contributed by atoms with Gasteiger partial charge in [-0.3, -0.25) is 4.79 Å². The van der Waals surface area contributed by atoms with Gasteiger partial charge in [0.25, 0.3) is 5.91 Å². The number of imidazole rings is 1. The van der Waals surface area contributed by atoms with Crippen LogP contribution in [0.15, 0.2) is 35.1 Å². The third-order valence-electron chi connectivity index (χ3n) is 4.36. The first-order chi connectivity index (χ1) is 14.0. The van der Waals surface area contributed by atoms with Crippen LogP contribution in [0.3, 0.4) is 0 Å². The number of carbonyl (C=O) groups excluding carboxylic acids is 1. The predicted octanol–water partition coefficient (Wildman–Crippen LogP) is 3.47. The minimum atomic E-state index is -0.480. The molecule has 2 N–H and O–H groups in total. The highest BCUT2D eigenvalue weighted by atomic mass is 35.5. The van der Waals surface area contributed by atoms with Crippen molar-refractivity contribution in [3.63, 3.8) is 0 Å². The fourth-order valence-electron chi connectivity index (χ4n) is 2.84. The molecule has 0 aliphatic carbocycles. The number of H-pyrrole nitrogens is 1. The van der Waals surface area contributed by atoms with Crippen molar-refractivity contribution in [3.8, 4) is 17.5 Å². The van der Waals surface area contributed by atoms with Gasteiger partial charge in [0.15, 0.2) is 11.5 Å². The van der Waals surface area contributed by atoms with Gasteiger partial charge in [-0.05, 0) is 31.5 Å². The minimum Gasteiger partial charge on any atom is -0.480 e. The molecular weight excluding hydrogens is 396 g/mol. The number of rotatable bonds is 5. The van der Waals surface area contributed by atoms with E-state index in [0.717, 1.165) is 16.6 Å². The molecule has 4 aromatic rings. The SMILES string of the molecule is COc1ncnc(C(=O)N[C@@H](C)c2cc(-c3nc4ccc(C)cc4[nH]3)on2)c1Cl. The molecular formula is C19H17ClN6O3. The maximum absolute atomic E-state index is 12.5. The number of benzene rings is 1. The average Bonchev–Trinajstić information content (AvgIpc) is 3.34. The average molecular weight is 413 g/mol. The summed E-state index contributed by atoms with van der Waals surface area (Å²) in [6.45, 7) is 3.78. The number of ether oxygens (including phenoxy) is 1. The van der Waals surface area contributed by atoms with Crippen LogP contribution in [-0.2, 0) is 0 Å². The second kappa shape index (κ2) is 7.51. The van der Waals surface area contributed by atoms with E-state index in [4.69, 9.17) is 20.9 Å². The minimum absolute atomic E-state index is 0.0155. The van der Waals surface area contributed by atoms with Crippen LogP contribution in [0.5, 0.6) is 5.88 Å². The molecule has 1 atom stereocenters. The molecule has 0 aliphatic heterocycles. The van der Waals surface area contributed by atoms with Gasteiger partial charge < -0.3 is 19.6 Å². The lowest BCUT2D eigenvalue weighted by atomic mass is 10.2. The molecule has 0 radical (unpaired) electrons. The number of nitrogens with zero attached hydrogens (tertiary/aromatic N) is 4. The molecule has 10 heteroatoms. The van der Waals surface area contributed by atoms with Gasteiger partial charge in [0.2, 0.25) is 11.6 Å². The van der Waals surface area contributed by atoms with Crippen LogP contribution in [-0.4, -0.2) is 38.1 Å². The van der Waals surface area contributed by atoms with Gasteiger partial charge in [0.05, 0.1) is 24.2 Å². The van der Waals surface area contributed by atoms with Crippen LogP contribution in [0.4, 0.5) is 0 Å². The van der Waals surface area contributed by atoms with Crippen LogP contribution in [0.25, 0.3) is 22.6 Å². The van der Waals surface area contributed by atoms with Crippen LogP contribution < -0.4 is 10.1 Å². The van der Waals surface area contributed by atoms with Gasteiger partial charge in [-0.1, -0.05) is 22.8 Å². The second-order valence-corrected chi connectivity index (χ2v) is 6.84. The van der Waals surface area contributed by atoms with E-state index in [-0.39, 0.29) is 16.6 Å². The second-order valence-electron chi connectivity index (χ2n) is 6.46. The molecule has 9 nitrogen and oxygen atoms in total. The topological polar surface area (TPSA) is 119 Å². The molecule has 0 aliphatic rings. The summed E-state index contributed by atoms with van der Waals surface area (Å²) in [6.07, 6.45) is 1.21. The number of amides is 1. The van der Waals surface area contributed by atoms with E-state index in [1.54, 1.807) is 13.0 Å². The van der Waals surface area contributed by atoms with Gasteiger partial charge in [-0.25, -0.2) is 15.0 Å². The Balaban J connectivity index is 1.53. The smallest absolute Gasteiger partial charge is 0.272 e. The van der Waals surface area contributed by atoms with E-state index in [2.05, 4.69) is 30.4 Å². The zero-order chi connectivity index (χ0) is 20.5. The van der Waals surface area contributed by atoms with E-state index < -0.39 is 11.9 Å². The fraction of sp³-hybridized carbons (Fsp3) is 0.211. The molecule has 0 spiro atoms. The highest BCUT2D eigenvalue weighted by Gasteiger charge is 2.21. The summed E-state index contributed by atoms with van der Waals surface area (Å²) >= 11 is 6.11. The molecule has 4 rings (SSSR count). The van der Waals surface area contributed by atoms with Gasteiger partial charge >= 0.3 is 0 Å². The molecule has 1 aromatic carbocycles. The molecule has 0 fully saturated rings. The highest BCUT2D eigenvalue weighted by molar-refractivity contribution is 6.34. The molecule has 0 saturated heterocycles. The Morgan fingerprint density at radius 3 is 2.93 bits per heavy atom. The monoisotopic (exact) mass is 412 g/mol. The standard InChI is InChI=1S/C19H17ClN6O3/c1-9-4-5-11-13(6-9)25-17(24-11)14-7-12(26-29-14)10(2)23-18(27)16-15(20)19(28-3)22-8-21-16/h4-8,10H,1-3H3,(H,23,27)(H,24,25)/t10-/m0/s1. The Morgan fingerprint density at radius 2 is 2.14 bits per heavy atom. The van der Waals surface area contributed by atoms with Crippen molar-refractivity contribution in [2.24, 2.45) is 0 Å². The number of hydrogen-bond donors (Lipinski definition) is 2. The number of hydrogen-bond acceptors (Lipinski definition) is 7. The van der Waals surface area contributed by atoms with Crippen molar-refractivity contribution < 1.29 is 14.1 Å². The Bertz CT molecular complexity index is 1200. The molecule has 148 valence electrons. The number of aromatic amines is 1. The van der Waals surface area contributed by atoms with Crippen molar-refractivity contribution >= 4 is 28.5 Å². The first-order valence-electron chi connectivity index (χ1n) is 8.75. The number of methoxy groups -OCH3 is 1. The Kier molecular flexibility index (Phi) is 4.89. The van der Waals surface area contributed by atoms with Crippen molar-refractivity contribution in [2.75, 3.05) is 7.11 Å². The van der Waals surface area contributed by atoms with E-state index in [0.29, 0.717) is 17.3 Å². The lowest BCUT2D eigenvalue weighted by molar-refractivity contribution is 0.0933. The normalized spacial score (nSPS) is 12.1. The summed E-state index contributed by atoms with van der Waals surface area (Å²) in [5, 5.41) is 6.86. The zero-order valence-corrected chi connectivity index (χ0v) is 16.6. The molecule has 3 heterocycles. The fourth-order valence-corrected chi connectivity index (χ4v) is 3.10. The summed E-state index contributed by atoms with van der Waals surface area (Å²) in [5.74, 6) is 0.679. The number of aryl methyl sites for hydroxylation is 1. The van der Waals surface area contributed by atoms with Crippen molar-refractivity contribution in [1.82, 2.24) is 30.4 Å². The first-order valence-corrected chi connectivity index (χ1v) is 9.12. The molecule has 0 bridgehead atoms. The number of aromatic nitrogens is 5. The molecule has 29 heavy (non-hydrogen) atoms. The van der Waals surface area contributed by atoms with Gasteiger partial charge in [0.1, 0.15) is 17.0 Å². The maximum atomic E-state index is 12.5. The van der Waals surface area contributed by atoms with Crippen LogP contribution in [0, 0.1) is 6.92 Å². The van der Waals surface area contributed by atoms with Crippen molar-refractivity contribution in [1.29, 1.82) is 0 Å².